The topological polar surface area (TPSA) is 92.4 Å². The average Bonchev–Trinajstić information content (AvgIpc) is 2.67. The van der Waals surface area contributed by atoms with Crippen molar-refractivity contribution in [2.24, 2.45) is 0 Å². The molecule has 0 fully saturated rings. The summed E-state index contributed by atoms with van der Waals surface area (Å²) in [6.45, 7) is 4.63. The van der Waals surface area contributed by atoms with Crippen LogP contribution in [0, 0.1) is 0 Å². The normalized spacial score (nSPS) is 10.7. The summed E-state index contributed by atoms with van der Waals surface area (Å²) in [6, 6.07) is 2.94. The molecule has 0 aliphatic rings. The van der Waals surface area contributed by atoms with E-state index in [1.807, 2.05) is 0 Å². The van der Waals surface area contributed by atoms with Crippen LogP contribution in [-0.2, 0) is 17.8 Å². The smallest absolute Gasteiger partial charge is 0.325 e. The number of phenolic OH excluding ortho intramolecular Hbond substituents is 1. The van der Waals surface area contributed by atoms with Gasteiger partial charge in [-0.3, -0.25) is 14.3 Å². The second kappa shape index (κ2) is 5.16. The summed E-state index contributed by atoms with van der Waals surface area (Å²) in [6.07, 6.45) is 2.08. The number of hydrogen-bond acceptors (Lipinski definition) is 4. The van der Waals surface area contributed by atoms with Gasteiger partial charge in [-0.25, -0.2) is 0 Å². The number of allylic oxidation sites excluding steroid dienone is 1. The number of aliphatic carboxylic acids is 1. The summed E-state index contributed by atoms with van der Waals surface area (Å²) < 4.78 is 1.27. The van der Waals surface area contributed by atoms with Gasteiger partial charge in [0.2, 0.25) is 0 Å². The molecule has 104 valence electrons. The Hall–Kier alpha value is -2.63. The number of rotatable bonds is 5. The lowest BCUT2D eigenvalue weighted by Gasteiger charge is -2.05. The Labute approximate surface area is 114 Å². The maximum atomic E-state index is 11.6. The van der Waals surface area contributed by atoms with Crippen LogP contribution in [0.4, 0.5) is 0 Å². The minimum Gasteiger partial charge on any atom is -0.508 e. The number of carbonyl (C=O) groups excluding carboxylic acids is 1. The molecule has 1 aromatic heterocycles. The van der Waals surface area contributed by atoms with Crippen LogP contribution in [0.25, 0.3) is 10.9 Å². The van der Waals surface area contributed by atoms with Crippen LogP contribution in [0.2, 0.25) is 0 Å². The summed E-state index contributed by atoms with van der Waals surface area (Å²) in [7, 11) is 0. The van der Waals surface area contributed by atoms with Gasteiger partial charge >= 0.3 is 5.97 Å². The highest BCUT2D eigenvalue weighted by Gasteiger charge is 2.19. The molecule has 0 saturated carbocycles. The van der Waals surface area contributed by atoms with Crippen LogP contribution in [-0.4, -0.2) is 31.7 Å². The summed E-state index contributed by atoms with van der Waals surface area (Å²) in [4.78, 5) is 22.5. The Balaban J connectivity index is 2.81. The number of aromatic nitrogens is 2. The van der Waals surface area contributed by atoms with Crippen molar-refractivity contribution < 1.29 is 19.8 Å². The third-order valence-corrected chi connectivity index (χ3v) is 2.89. The molecular weight excluding hydrogens is 260 g/mol. The predicted octanol–water partition coefficient (Wildman–Crippen LogP) is 1.76. The van der Waals surface area contributed by atoms with Crippen molar-refractivity contribution in [1.29, 1.82) is 0 Å². The summed E-state index contributed by atoms with van der Waals surface area (Å²) in [5.74, 6) is -1.33. The van der Waals surface area contributed by atoms with E-state index in [2.05, 4.69) is 11.7 Å². The zero-order valence-corrected chi connectivity index (χ0v) is 11.0. The van der Waals surface area contributed by atoms with Gasteiger partial charge in [0.1, 0.15) is 18.0 Å². The molecule has 0 amide bonds. The summed E-state index contributed by atoms with van der Waals surface area (Å²) in [5.41, 5.74) is 1.37. The van der Waals surface area contributed by atoms with Crippen LogP contribution >= 0.6 is 0 Å². The molecule has 6 nitrogen and oxygen atoms in total. The van der Waals surface area contributed by atoms with Gasteiger partial charge < -0.3 is 10.2 Å². The Kier molecular flexibility index (Phi) is 3.56. The Morgan fingerprint density at radius 1 is 1.45 bits per heavy atom. The molecule has 0 unspecified atom stereocenters. The molecule has 0 saturated heterocycles. The quantitative estimate of drug-likeness (QED) is 0.640. The lowest BCUT2D eigenvalue weighted by Crippen LogP contribution is -2.11. The van der Waals surface area contributed by atoms with Gasteiger partial charge in [0, 0.05) is 12.3 Å². The van der Waals surface area contributed by atoms with Crippen LogP contribution in [0.5, 0.6) is 5.75 Å². The van der Waals surface area contributed by atoms with E-state index in [0.29, 0.717) is 22.9 Å². The first kappa shape index (κ1) is 13.8. The van der Waals surface area contributed by atoms with Crippen molar-refractivity contribution in [3.63, 3.8) is 0 Å². The van der Waals surface area contributed by atoms with Crippen molar-refractivity contribution in [2.45, 2.75) is 19.9 Å². The van der Waals surface area contributed by atoms with Crippen molar-refractivity contribution >= 4 is 22.7 Å². The zero-order chi connectivity index (χ0) is 14.9. The van der Waals surface area contributed by atoms with Crippen LogP contribution < -0.4 is 0 Å². The molecular formula is C14H14N2O4. The van der Waals surface area contributed by atoms with Gasteiger partial charge in [0.05, 0.1) is 5.52 Å². The maximum Gasteiger partial charge on any atom is 0.325 e. The van der Waals surface area contributed by atoms with E-state index in [1.54, 1.807) is 6.08 Å². The minimum atomic E-state index is -1.05. The lowest BCUT2D eigenvalue weighted by molar-refractivity contribution is -0.137. The maximum absolute atomic E-state index is 11.6. The number of aromatic hydroxyl groups is 1. The van der Waals surface area contributed by atoms with E-state index in [4.69, 9.17) is 5.11 Å². The fraction of sp³-hybridized carbons (Fsp3) is 0.214. The first-order valence-corrected chi connectivity index (χ1v) is 6.00. The molecule has 6 heteroatoms. The van der Waals surface area contributed by atoms with Crippen molar-refractivity contribution in [3.05, 3.63) is 36.0 Å². The van der Waals surface area contributed by atoms with Gasteiger partial charge in [0.25, 0.3) is 0 Å². The number of carboxylic acids is 1. The number of carboxylic acid groups (broad SMARTS) is 1. The average molecular weight is 274 g/mol. The van der Waals surface area contributed by atoms with Crippen LogP contribution in [0.1, 0.15) is 23.0 Å². The minimum absolute atomic E-state index is 0.00623. The van der Waals surface area contributed by atoms with Gasteiger partial charge in [-0.05, 0) is 24.1 Å². The Morgan fingerprint density at radius 2 is 2.15 bits per heavy atom. The van der Waals surface area contributed by atoms with E-state index < -0.39 is 5.97 Å². The summed E-state index contributed by atoms with van der Waals surface area (Å²) in [5, 5.41) is 23.2. The van der Waals surface area contributed by atoms with E-state index in [1.165, 1.54) is 23.7 Å². The first-order valence-electron chi connectivity index (χ1n) is 6.00. The van der Waals surface area contributed by atoms with Gasteiger partial charge in [-0.1, -0.05) is 6.08 Å². The molecule has 1 aromatic carbocycles. The lowest BCUT2D eigenvalue weighted by atomic mass is 10.0. The summed E-state index contributed by atoms with van der Waals surface area (Å²) >= 11 is 0. The highest BCUT2D eigenvalue weighted by atomic mass is 16.4. The zero-order valence-electron chi connectivity index (χ0n) is 11.0. The highest BCUT2D eigenvalue weighted by Crippen LogP contribution is 2.28. The van der Waals surface area contributed by atoms with Crippen LogP contribution in [0.15, 0.2) is 24.8 Å². The number of fused-ring (bicyclic) bond motifs is 1. The fourth-order valence-corrected chi connectivity index (χ4v) is 2.20. The first-order chi connectivity index (χ1) is 9.43. The van der Waals surface area contributed by atoms with Crippen molar-refractivity contribution in [2.75, 3.05) is 0 Å². The molecule has 0 bridgehead atoms. The molecule has 0 aliphatic heterocycles. The third-order valence-electron chi connectivity index (χ3n) is 2.89. The number of benzene rings is 1. The van der Waals surface area contributed by atoms with E-state index in [-0.39, 0.29) is 23.8 Å². The monoisotopic (exact) mass is 274 g/mol. The van der Waals surface area contributed by atoms with Gasteiger partial charge in [0.15, 0.2) is 5.78 Å². The molecule has 0 atom stereocenters. The number of hydrogen-bond donors (Lipinski definition) is 2. The number of carbonyl (C=O) groups is 2. The highest BCUT2D eigenvalue weighted by molar-refractivity contribution is 6.06. The molecule has 20 heavy (non-hydrogen) atoms. The third kappa shape index (κ3) is 2.40. The van der Waals surface area contributed by atoms with Crippen LogP contribution in [0.3, 0.4) is 0 Å². The van der Waals surface area contributed by atoms with Crippen molar-refractivity contribution in [3.8, 4) is 5.75 Å². The number of ketones is 1. The molecule has 2 N–H and O–H groups in total. The van der Waals surface area contributed by atoms with E-state index >= 15 is 0 Å². The molecule has 2 rings (SSSR count). The number of phenols is 1. The second-order valence-corrected chi connectivity index (χ2v) is 4.45. The molecule has 0 radical (unpaired) electrons. The molecule has 0 aliphatic carbocycles. The number of nitrogens with zero attached hydrogens (tertiary/aromatic N) is 2. The predicted molar refractivity (Wildman–Crippen MR) is 72.9 cm³/mol. The Morgan fingerprint density at radius 3 is 2.70 bits per heavy atom. The molecule has 1 heterocycles. The van der Waals surface area contributed by atoms with E-state index in [9.17, 15) is 14.7 Å². The fourth-order valence-electron chi connectivity index (χ4n) is 2.20. The Bertz CT molecular complexity index is 716. The molecule has 0 spiro atoms. The number of Topliss-reactive ketones (excluding diaryl/α,β-unsaturated/α-hetero) is 1. The standard InChI is InChI=1S/C14H14N2O4/c1-3-4-9-5-10(18)6-11-13(8(2)17)15-16(14(9)11)7-12(19)20/h3,5-6,18H,1,4,7H2,2H3,(H,19,20). The molecule has 2 aromatic rings. The SMILES string of the molecule is C=CCc1cc(O)cc2c(C(C)=O)nn(CC(=O)O)c12. The van der Waals surface area contributed by atoms with E-state index in [0.717, 1.165) is 0 Å². The van der Waals surface area contributed by atoms with Gasteiger partial charge in [-0.2, -0.15) is 5.10 Å². The van der Waals surface area contributed by atoms with Gasteiger partial charge in [-0.15, -0.1) is 6.58 Å². The largest absolute Gasteiger partial charge is 0.508 e. The second-order valence-electron chi connectivity index (χ2n) is 4.45. The van der Waals surface area contributed by atoms with Crippen molar-refractivity contribution in [1.82, 2.24) is 9.78 Å².